The van der Waals surface area contributed by atoms with E-state index in [1.54, 1.807) is 7.11 Å². The molecule has 0 spiro atoms. The van der Waals surface area contributed by atoms with E-state index in [9.17, 15) is 0 Å². The summed E-state index contributed by atoms with van der Waals surface area (Å²) < 4.78 is 9.53. The molecular formula is C12H21N3OS. The molecule has 96 valence electrons. The molecule has 0 radical (unpaired) electrons. The molecular weight excluding hydrogens is 234 g/mol. The summed E-state index contributed by atoms with van der Waals surface area (Å²) in [6.45, 7) is 6.74. The first kappa shape index (κ1) is 12.5. The molecule has 2 rings (SSSR count). The lowest BCUT2D eigenvalue weighted by molar-refractivity contribution is 0.301. The fourth-order valence-corrected chi connectivity index (χ4v) is 3.42. The van der Waals surface area contributed by atoms with Gasteiger partial charge < -0.3 is 15.4 Å². The lowest BCUT2D eigenvalue weighted by Gasteiger charge is -2.26. The van der Waals surface area contributed by atoms with E-state index < -0.39 is 0 Å². The van der Waals surface area contributed by atoms with Crippen molar-refractivity contribution >= 4 is 22.4 Å². The Morgan fingerprint density at radius 2 is 2.18 bits per heavy atom. The van der Waals surface area contributed by atoms with Gasteiger partial charge in [0.2, 0.25) is 0 Å². The Kier molecular flexibility index (Phi) is 3.47. The molecule has 5 heteroatoms. The van der Waals surface area contributed by atoms with Crippen LogP contribution in [0.3, 0.4) is 0 Å². The first-order chi connectivity index (χ1) is 8.15. The van der Waals surface area contributed by atoms with Gasteiger partial charge in [0.25, 0.3) is 0 Å². The lowest BCUT2D eigenvalue weighted by Crippen LogP contribution is -2.25. The minimum Gasteiger partial charge on any atom is -0.490 e. The van der Waals surface area contributed by atoms with Crippen LogP contribution in [0.1, 0.15) is 33.1 Å². The maximum absolute atomic E-state index is 5.80. The zero-order chi connectivity index (χ0) is 12.5. The fraction of sp³-hybridized carbons (Fsp3) is 0.750. The summed E-state index contributed by atoms with van der Waals surface area (Å²) in [6.07, 6.45) is 3.72. The van der Waals surface area contributed by atoms with E-state index in [0.29, 0.717) is 11.2 Å². The van der Waals surface area contributed by atoms with Gasteiger partial charge in [-0.3, -0.25) is 0 Å². The predicted octanol–water partition coefficient (Wildman–Crippen LogP) is 2.75. The number of ether oxygens (including phenoxy) is 1. The highest BCUT2D eigenvalue weighted by atomic mass is 32.1. The van der Waals surface area contributed by atoms with Gasteiger partial charge in [0.1, 0.15) is 0 Å². The van der Waals surface area contributed by atoms with E-state index in [2.05, 4.69) is 23.1 Å². The van der Waals surface area contributed by atoms with Crippen molar-refractivity contribution in [3.05, 3.63) is 0 Å². The molecule has 1 aromatic rings. The molecule has 17 heavy (non-hydrogen) atoms. The molecule has 0 amide bonds. The van der Waals surface area contributed by atoms with E-state index in [4.69, 9.17) is 10.5 Å². The Balaban J connectivity index is 2.20. The maximum atomic E-state index is 5.80. The van der Waals surface area contributed by atoms with Crippen molar-refractivity contribution in [2.45, 2.75) is 33.1 Å². The molecule has 1 saturated heterocycles. The van der Waals surface area contributed by atoms with Crippen LogP contribution in [0.15, 0.2) is 0 Å². The van der Waals surface area contributed by atoms with Crippen LogP contribution in [0.2, 0.25) is 0 Å². The Bertz CT molecular complexity index is 387. The highest BCUT2D eigenvalue weighted by Gasteiger charge is 2.36. The van der Waals surface area contributed by atoms with Crippen molar-refractivity contribution in [3.63, 3.8) is 0 Å². The molecule has 1 aliphatic heterocycles. The minimum absolute atomic E-state index is 0.462. The van der Waals surface area contributed by atoms with Crippen molar-refractivity contribution in [1.82, 2.24) is 4.37 Å². The van der Waals surface area contributed by atoms with E-state index in [1.807, 2.05) is 0 Å². The van der Waals surface area contributed by atoms with Crippen LogP contribution in [-0.4, -0.2) is 24.6 Å². The second-order valence-corrected chi connectivity index (χ2v) is 5.54. The van der Waals surface area contributed by atoms with E-state index in [0.717, 1.165) is 23.8 Å². The largest absolute Gasteiger partial charge is 0.490 e. The first-order valence-corrected chi connectivity index (χ1v) is 6.97. The van der Waals surface area contributed by atoms with Gasteiger partial charge in [0, 0.05) is 13.1 Å². The number of nitrogens with zero attached hydrogens (tertiary/aromatic N) is 2. The van der Waals surface area contributed by atoms with Crippen molar-refractivity contribution in [2.75, 3.05) is 30.8 Å². The monoisotopic (exact) mass is 255 g/mol. The Labute approximate surface area is 107 Å². The molecule has 0 atom stereocenters. The van der Waals surface area contributed by atoms with Gasteiger partial charge in [0.05, 0.1) is 7.11 Å². The normalized spacial score (nSPS) is 18.6. The lowest BCUT2D eigenvalue weighted by atomic mass is 9.82. The maximum Gasteiger partial charge on any atom is 0.197 e. The van der Waals surface area contributed by atoms with Gasteiger partial charge in [-0.25, -0.2) is 0 Å². The summed E-state index contributed by atoms with van der Waals surface area (Å²) in [5, 5.41) is 1.09. The highest BCUT2D eigenvalue weighted by Crippen LogP contribution is 2.45. The number of nitrogens with two attached hydrogens (primary N) is 1. The van der Waals surface area contributed by atoms with Crippen LogP contribution in [0.25, 0.3) is 0 Å². The molecule has 0 saturated carbocycles. The smallest absolute Gasteiger partial charge is 0.197 e. The molecule has 0 aromatic carbocycles. The summed E-state index contributed by atoms with van der Waals surface area (Å²) in [7, 11) is 1.66. The van der Waals surface area contributed by atoms with Crippen LogP contribution in [0.4, 0.5) is 10.8 Å². The third-order valence-corrected chi connectivity index (χ3v) is 4.99. The Morgan fingerprint density at radius 3 is 2.71 bits per heavy atom. The third-order valence-electron chi connectivity index (χ3n) is 4.09. The molecule has 0 bridgehead atoms. The predicted molar refractivity (Wildman–Crippen MR) is 72.9 cm³/mol. The molecule has 0 aliphatic carbocycles. The SMILES string of the molecule is CCC1(CC)CCN(c2snc(N)c2OC)C1. The average Bonchev–Trinajstić information content (AvgIpc) is 2.93. The number of methoxy groups -OCH3 is 1. The number of hydrogen-bond acceptors (Lipinski definition) is 5. The highest BCUT2D eigenvalue weighted by molar-refractivity contribution is 7.11. The zero-order valence-electron chi connectivity index (χ0n) is 10.8. The van der Waals surface area contributed by atoms with Crippen LogP contribution < -0.4 is 15.4 Å². The van der Waals surface area contributed by atoms with Gasteiger partial charge in [-0.2, -0.15) is 4.37 Å². The molecule has 2 heterocycles. The minimum atomic E-state index is 0.462. The van der Waals surface area contributed by atoms with Crippen molar-refractivity contribution in [1.29, 1.82) is 0 Å². The molecule has 1 fully saturated rings. The van der Waals surface area contributed by atoms with E-state index >= 15 is 0 Å². The van der Waals surface area contributed by atoms with Crippen LogP contribution >= 0.6 is 11.5 Å². The number of nitrogen functional groups attached to an aromatic ring is 1. The van der Waals surface area contributed by atoms with Crippen LogP contribution in [0.5, 0.6) is 5.75 Å². The van der Waals surface area contributed by atoms with Gasteiger partial charge >= 0.3 is 0 Å². The summed E-state index contributed by atoms with van der Waals surface area (Å²) in [5.41, 5.74) is 6.26. The second-order valence-electron chi connectivity index (χ2n) is 4.78. The van der Waals surface area contributed by atoms with Crippen molar-refractivity contribution < 1.29 is 4.74 Å². The first-order valence-electron chi connectivity index (χ1n) is 6.20. The topological polar surface area (TPSA) is 51.4 Å². The number of aromatic nitrogens is 1. The van der Waals surface area contributed by atoms with Gasteiger partial charge in [-0.15, -0.1) is 0 Å². The van der Waals surface area contributed by atoms with Crippen LogP contribution in [-0.2, 0) is 0 Å². The standard InChI is InChI=1S/C12H21N3OS/c1-4-12(5-2)6-7-15(8-12)11-9(16-3)10(13)14-17-11/h4-8H2,1-3H3,(H2,13,14). The number of anilines is 2. The fourth-order valence-electron chi connectivity index (χ4n) is 2.61. The molecule has 4 nitrogen and oxygen atoms in total. The third kappa shape index (κ3) is 2.08. The molecule has 2 N–H and O–H groups in total. The zero-order valence-corrected chi connectivity index (χ0v) is 11.6. The summed E-state index contributed by atoms with van der Waals surface area (Å²) in [5.74, 6) is 1.26. The Hall–Kier alpha value is -0.970. The molecule has 1 aliphatic rings. The summed E-state index contributed by atoms with van der Waals surface area (Å²) >= 11 is 1.45. The second kappa shape index (κ2) is 4.72. The molecule has 0 unspecified atom stereocenters. The molecule has 1 aromatic heterocycles. The number of hydrogen-bond donors (Lipinski definition) is 1. The van der Waals surface area contributed by atoms with E-state index in [1.165, 1.54) is 30.8 Å². The van der Waals surface area contributed by atoms with Gasteiger partial charge in [-0.1, -0.05) is 13.8 Å². The number of rotatable bonds is 4. The van der Waals surface area contributed by atoms with Gasteiger partial charge in [-0.05, 0) is 36.2 Å². The Morgan fingerprint density at radius 1 is 1.47 bits per heavy atom. The van der Waals surface area contributed by atoms with Crippen LogP contribution in [0, 0.1) is 5.41 Å². The average molecular weight is 255 g/mol. The van der Waals surface area contributed by atoms with Crippen molar-refractivity contribution in [2.24, 2.45) is 5.41 Å². The van der Waals surface area contributed by atoms with Crippen molar-refractivity contribution in [3.8, 4) is 5.75 Å². The van der Waals surface area contributed by atoms with E-state index in [-0.39, 0.29) is 0 Å². The quantitative estimate of drug-likeness (QED) is 0.899. The van der Waals surface area contributed by atoms with Gasteiger partial charge in [0.15, 0.2) is 16.6 Å². The summed E-state index contributed by atoms with van der Waals surface area (Å²) in [6, 6.07) is 0. The summed E-state index contributed by atoms with van der Waals surface area (Å²) in [4.78, 5) is 2.37.